The molecule has 0 bridgehead atoms. The number of carbonyl (C=O) groups is 1. The highest BCUT2D eigenvalue weighted by atomic mass is 16.5. The van der Waals surface area contributed by atoms with Crippen molar-refractivity contribution in [2.45, 2.75) is 65.0 Å². The molecular formula is C19H34O7. The lowest BCUT2D eigenvalue weighted by molar-refractivity contribution is -0.215. The number of aliphatic carboxylic acids is 1. The topological polar surface area (TPSA) is 128 Å². The smallest absolute Gasteiger partial charge is 0.331 e. The molecule has 7 unspecified atom stereocenters. The quantitative estimate of drug-likeness (QED) is 0.659. The van der Waals surface area contributed by atoms with Gasteiger partial charge in [0.15, 0.2) is 0 Å². The molecule has 2 aliphatic rings. The largest absolute Gasteiger partial charge is 0.478 e. The fourth-order valence-electron chi connectivity index (χ4n) is 3.87. The van der Waals surface area contributed by atoms with E-state index < -0.39 is 18.2 Å². The lowest BCUT2D eigenvalue weighted by Gasteiger charge is -2.47. The molecule has 2 rings (SSSR count). The van der Waals surface area contributed by atoms with Gasteiger partial charge in [-0.05, 0) is 45.1 Å². The average Bonchev–Trinajstić information content (AvgIpc) is 2.51. The van der Waals surface area contributed by atoms with Gasteiger partial charge >= 0.3 is 5.97 Å². The SMILES string of the molecule is CC1OC(C)(C)C(C)C(O)C1COCC1CC(C(=O)O)=CC(O)C1C.O. The van der Waals surface area contributed by atoms with Crippen LogP contribution >= 0.6 is 0 Å². The number of carboxylic acid groups (broad SMARTS) is 1. The zero-order chi connectivity index (χ0) is 18.9. The first-order valence-electron chi connectivity index (χ1n) is 9.10. The molecule has 1 aliphatic heterocycles. The Morgan fingerprint density at radius 3 is 2.46 bits per heavy atom. The van der Waals surface area contributed by atoms with E-state index >= 15 is 0 Å². The highest BCUT2D eigenvalue weighted by Gasteiger charge is 2.45. The van der Waals surface area contributed by atoms with Crippen LogP contribution in [-0.2, 0) is 14.3 Å². The fourth-order valence-corrected chi connectivity index (χ4v) is 3.87. The van der Waals surface area contributed by atoms with E-state index in [2.05, 4.69) is 0 Å². The molecule has 7 atom stereocenters. The number of hydrogen-bond acceptors (Lipinski definition) is 5. The van der Waals surface area contributed by atoms with Crippen molar-refractivity contribution < 1.29 is 35.1 Å². The van der Waals surface area contributed by atoms with Crippen LogP contribution in [0.5, 0.6) is 0 Å². The molecule has 1 fully saturated rings. The Balaban J connectivity index is 0.00000338. The molecule has 7 heteroatoms. The van der Waals surface area contributed by atoms with Crippen LogP contribution in [0.15, 0.2) is 11.6 Å². The third-order valence-electron chi connectivity index (χ3n) is 6.19. The van der Waals surface area contributed by atoms with Gasteiger partial charge in [-0.3, -0.25) is 0 Å². The first-order valence-corrected chi connectivity index (χ1v) is 9.10. The van der Waals surface area contributed by atoms with Crippen molar-refractivity contribution in [2.24, 2.45) is 23.7 Å². The maximum atomic E-state index is 11.2. The summed E-state index contributed by atoms with van der Waals surface area (Å²) >= 11 is 0. The molecule has 0 saturated carbocycles. The monoisotopic (exact) mass is 374 g/mol. The van der Waals surface area contributed by atoms with Gasteiger partial charge in [0.2, 0.25) is 0 Å². The summed E-state index contributed by atoms with van der Waals surface area (Å²) in [5.74, 6) is -1.24. The second kappa shape index (κ2) is 8.80. The van der Waals surface area contributed by atoms with Crippen LogP contribution in [0.2, 0.25) is 0 Å². The van der Waals surface area contributed by atoms with Crippen LogP contribution in [-0.4, -0.2) is 63.9 Å². The Bertz CT molecular complexity index is 516. The molecule has 1 saturated heterocycles. The number of aliphatic hydroxyl groups is 2. The molecule has 0 amide bonds. The molecule has 0 aromatic heterocycles. The summed E-state index contributed by atoms with van der Waals surface area (Å²) in [5.41, 5.74) is -0.137. The van der Waals surface area contributed by atoms with Crippen molar-refractivity contribution >= 4 is 5.97 Å². The molecule has 0 spiro atoms. The van der Waals surface area contributed by atoms with Crippen molar-refractivity contribution in [2.75, 3.05) is 13.2 Å². The van der Waals surface area contributed by atoms with Gasteiger partial charge in [-0.2, -0.15) is 0 Å². The van der Waals surface area contributed by atoms with Crippen LogP contribution in [0.3, 0.4) is 0 Å². The Morgan fingerprint density at radius 1 is 1.27 bits per heavy atom. The highest BCUT2D eigenvalue weighted by molar-refractivity contribution is 5.86. The summed E-state index contributed by atoms with van der Waals surface area (Å²) in [6.45, 7) is 10.5. The number of ether oxygens (including phenoxy) is 2. The van der Waals surface area contributed by atoms with Crippen molar-refractivity contribution in [3.8, 4) is 0 Å². The van der Waals surface area contributed by atoms with E-state index in [4.69, 9.17) is 14.6 Å². The predicted octanol–water partition coefficient (Wildman–Crippen LogP) is 1.02. The minimum absolute atomic E-state index is 0. The molecule has 0 aromatic rings. The number of aliphatic hydroxyl groups excluding tert-OH is 2. The second-order valence-corrected chi connectivity index (χ2v) is 8.22. The standard InChI is InChI=1S/C19H32O6.H2O/c1-10-14(6-13(18(22)23)7-16(10)20)8-24-9-15-12(3)25-19(4,5)11(2)17(15)21;/h7,10-12,14-17,20-21H,6,8-9H2,1-5H3,(H,22,23);1H2. The van der Waals surface area contributed by atoms with Crippen molar-refractivity contribution in [3.05, 3.63) is 11.6 Å². The average molecular weight is 374 g/mol. The van der Waals surface area contributed by atoms with Gasteiger partial charge in [0.05, 0.1) is 37.1 Å². The van der Waals surface area contributed by atoms with E-state index in [0.717, 1.165) is 0 Å². The van der Waals surface area contributed by atoms with Gasteiger partial charge in [-0.15, -0.1) is 0 Å². The van der Waals surface area contributed by atoms with Crippen molar-refractivity contribution in [1.82, 2.24) is 0 Å². The lowest BCUT2D eigenvalue weighted by Crippen LogP contribution is -2.55. The van der Waals surface area contributed by atoms with Gasteiger partial charge < -0.3 is 30.3 Å². The molecule has 5 N–H and O–H groups in total. The van der Waals surface area contributed by atoms with Crippen molar-refractivity contribution in [3.63, 3.8) is 0 Å². The number of hydrogen-bond donors (Lipinski definition) is 3. The van der Waals surface area contributed by atoms with Gasteiger partial charge in [0.25, 0.3) is 0 Å². The zero-order valence-electron chi connectivity index (χ0n) is 16.3. The van der Waals surface area contributed by atoms with Crippen LogP contribution in [0, 0.1) is 23.7 Å². The molecule has 1 heterocycles. The molecule has 0 aromatic carbocycles. The van der Waals surface area contributed by atoms with Gasteiger partial charge in [-0.1, -0.05) is 13.8 Å². The normalized spacial score (nSPS) is 39.7. The summed E-state index contributed by atoms with van der Waals surface area (Å²) < 4.78 is 11.9. The maximum Gasteiger partial charge on any atom is 0.331 e. The molecule has 26 heavy (non-hydrogen) atoms. The molecule has 0 radical (unpaired) electrons. The summed E-state index contributed by atoms with van der Waals surface area (Å²) in [6.07, 6.45) is 0.411. The van der Waals surface area contributed by atoms with E-state index in [9.17, 15) is 15.0 Å². The molecular weight excluding hydrogens is 340 g/mol. The summed E-state index contributed by atoms with van der Waals surface area (Å²) in [6, 6.07) is 0. The highest BCUT2D eigenvalue weighted by Crippen LogP contribution is 2.37. The van der Waals surface area contributed by atoms with Crippen molar-refractivity contribution in [1.29, 1.82) is 0 Å². The second-order valence-electron chi connectivity index (χ2n) is 8.22. The van der Waals surface area contributed by atoms with Crippen LogP contribution in [0.1, 0.15) is 41.0 Å². The lowest BCUT2D eigenvalue weighted by atomic mass is 9.76. The van der Waals surface area contributed by atoms with Crippen LogP contribution in [0.25, 0.3) is 0 Å². The third-order valence-corrected chi connectivity index (χ3v) is 6.19. The number of rotatable bonds is 5. The Labute approximate surface area is 155 Å². The summed E-state index contributed by atoms with van der Waals surface area (Å²) in [5, 5.41) is 29.8. The molecule has 152 valence electrons. The fraction of sp³-hybridized carbons (Fsp3) is 0.842. The Kier molecular flexibility index (Phi) is 7.80. The van der Waals surface area contributed by atoms with Gasteiger partial charge in [-0.25, -0.2) is 4.79 Å². The van der Waals surface area contributed by atoms with E-state index in [1.807, 2.05) is 34.6 Å². The third kappa shape index (κ3) is 4.84. The minimum Gasteiger partial charge on any atom is -0.478 e. The zero-order valence-corrected chi connectivity index (χ0v) is 16.3. The summed E-state index contributed by atoms with van der Waals surface area (Å²) in [7, 11) is 0. The molecule has 1 aliphatic carbocycles. The van der Waals surface area contributed by atoms with Crippen LogP contribution < -0.4 is 0 Å². The minimum atomic E-state index is -0.989. The van der Waals surface area contributed by atoms with E-state index in [1.54, 1.807) is 0 Å². The number of carboxylic acids is 1. The van der Waals surface area contributed by atoms with E-state index in [1.165, 1.54) is 6.08 Å². The van der Waals surface area contributed by atoms with Gasteiger partial charge in [0, 0.05) is 17.4 Å². The Hall–Kier alpha value is -0.990. The van der Waals surface area contributed by atoms with Gasteiger partial charge in [0.1, 0.15) is 0 Å². The van der Waals surface area contributed by atoms with E-state index in [-0.39, 0.29) is 46.4 Å². The van der Waals surface area contributed by atoms with Crippen LogP contribution in [0.4, 0.5) is 0 Å². The van der Waals surface area contributed by atoms with E-state index in [0.29, 0.717) is 19.6 Å². The predicted molar refractivity (Wildman–Crippen MR) is 96.7 cm³/mol. The first-order chi connectivity index (χ1) is 11.5. The summed E-state index contributed by atoms with van der Waals surface area (Å²) in [4.78, 5) is 11.2. The first kappa shape index (κ1) is 23.0. The maximum absolute atomic E-state index is 11.2. The Morgan fingerprint density at radius 2 is 1.88 bits per heavy atom. The molecule has 7 nitrogen and oxygen atoms in total.